The second-order valence-electron chi connectivity index (χ2n) is 9.55. The maximum Gasteiger partial charge on any atom is 0.252 e. The van der Waals surface area contributed by atoms with E-state index in [0.717, 1.165) is 36.2 Å². The molecule has 5 heterocycles. The first-order chi connectivity index (χ1) is 17.1. The Hall–Kier alpha value is -3.91. The number of amides is 1. The molecule has 178 valence electrons. The van der Waals surface area contributed by atoms with Crippen LogP contribution in [0.1, 0.15) is 34.3 Å². The van der Waals surface area contributed by atoms with Gasteiger partial charge in [-0.3, -0.25) is 14.7 Å². The molecule has 2 aliphatic rings. The third-order valence-corrected chi connectivity index (χ3v) is 7.38. The predicted molar refractivity (Wildman–Crippen MR) is 134 cm³/mol. The van der Waals surface area contributed by atoms with E-state index < -0.39 is 5.91 Å². The Morgan fingerprint density at radius 1 is 1.03 bits per heavy atom. The summed E-state index contributed by atoms with van der Waals surface area (Å²) in [5.41, 5.74) is 9.72. The molecule has 2 atom stereocenters. The maximum absolute atomic E-state index is 11.4. The minimum atomic E-state index is -0.638. The van der Waals surface area contributed by atoms with Crippen LogP contribution in [0.3, 0.4) is 0 Å². The number of aromatic hydroxyl groups is 1. The zero-order chi connectivity index (χ0) is 23.9. The number of benzene rings is 1. The number of rotatable bonds is 6. The van der Waals surface area contributed by atoms with Crippen molar-refractivity contribution in [3.63, 3.8) is 0 Å². The van der Waals surface area contributed by atoms with E-state index in [4.69, 9.17) is 5.73 Å². The minimum absolute atomic E-state index is 0.0975. The SMILES string of the molecule is NC(=O)c1ccc(Cn2ccc3c(N4CC5CCC(C4)N5Cc4cccnc4)ccnc32)cc1O. The van der Waals surface area contributed by atoms with Gasteiger partial charge in [0.25, 0.3) is 5.91 Å². The first-order valence-corrected chi connectivity index (χ1v) is 12.0. The van der Waals surface area contributed by atoms with Gasteiger partial charge < -0.3 is 20.3 Å². The zero-order valence-corrected chi connectivity index (χ0v) is 19.4. The van der Waals surface area contributed by atoms with Crippen molar-refractivity contribution in [2.24, 2.45) is 5.73 Å². The average Bonchev–Trinajstić information content (AvgIpc) is 3.35. The molecule has 0 spiro atoms. The van der Waals surface area contributed by atoms with E-state index in [1.54, 1.807) is 12.1 Å². The lowest BCUT2D eigenvalue weighted by Crippen LogP contribution is -2.53. The molecule has 2 bridgehead atoms. The molecule has 2 saturated heterocycles. The fourth-order valence-electron chi connectivity index (χ4n) is 5.71. The number of hydrogen-bond donors (Lipinski definition) is 2. The normalized spacial score (nSPS) is 19.9. The van der Waals surface area contributed by atoms with Crippen molar-refractivity contribution in [2.75, 3.05) is 18.0 Å². The highest BCUT2D eigenvalue weighted by atomic mass is 16.3. The quantitative estimate of drug-likeness (QED) is 0.451. The van der Waals surface area contributed by atoms with Gasteiger partial charge in [-0.05, 0) is 54.3 Å². The van der Waals surface area contributed by atoms with E-state index >= 15 is 0 Å². The molecule has 0 saturated carbocycles. The lowest BCUT2D eigenvalue weighted by Gasteiger charge is -2.42. The van der Waals surface area contributed by atoms with Gasteiger partial charge in [-0.25, -0.2) is 4.98 Å². The number of phenols is 1. The van der Waals surface area contributed by atoms with Crippen molar-refractivity contribution in [2.45, 2.75) is 38.0 Å². The van der Waals surface area contributed by atoms with Crippen LogP contribution in [-0.4, -0.2) is 55.6 Å². The van der Waals surface area contributed by atoms with Crippen molar-refractivity contribution < 1.29 is 9.90 Å². The lowest BCUT2D eigenvalue weighted by atomic mass is 10.1. The molecule has 1 aromatic carbocycles. The fraction of sp³-hybridized carbons (Fsp3) is 0.296. The number of primary amides is 1. The van der Waals surface area contributed by atoms with E-state index in [9.17, 15) is 9.90 Å². The summed E-state index contributed by atoms with van der Waals surface area (Å²) >= 11 is 0. The summed E-state index contributed by atoms with van der Waals surface area (Å²) in [7, 11) is 0. The number of anilines is 1. The van der Waals surface area contributed by atoms with Gasteiger partial charge in [-0.1, -0.05) is 12.1 Å². The number of carbonyl (C=O) groups excluding carboxylic acids is 1. The summed E-state index contributed by atoms with van der Waals surface area (Å²) in [4.78, 5) is 25.5. The molecule has 2 aliphatic heterocycles. The lowest BCUT2D eigenvalue weighted by molar-refractivity contribution is 0.0997. The molecule has 3 N–H and O–H groups in total. The number of carbonyl (C=O) groups is 1. The molecule has 1 amide bonds. The second kappa shape index (κ2) is 8.70. The Balaban J connectivity index is 1.23. The molecule has 2 unspecified atom stereocenters. The molecule has 8 nitrogen and oxygen atoms in total. The molecule has 3 aromatic heterocycles. The van der Waals surface area contributed by atoms with E-state index in [-0.39, 0.29) is 11.3 Å². The summed E-state index contributed by atoms with van der Waals surface area (Å²) in [6.45, 7) is 3.50. The van der Waals surface area contributed by atoms with Crippen molar-refractivity contribution in [3.8, 4) is 5.75 Å². The van der Waals surface area contributed by atoms with Crippen LogP contribution >= 0.6 is 0 Å². The van der Waals surface area contributed by atoms with Crippen LogP contribution in [0.25, 0.3) is 11.0 Å². The number of piperazine rings is 1. The highest BCUT2D eigenvalue weighted by Gasteiger charge is 2.40. The monoisotopic (exact) mass is 468 g/mol. The first kappa shape index (κ1) is 21.6. The van der Waals surface area contributed by atoms with E-state index in [1.165, 1.54) is 24.1 Å². The van der Waals surface area contributed by atoms with Crippen LogP contribution in [0, 0.1) is 0 Å². The Bertz CT molecular complexity index is 1370. The number of nitrogens with two attached hydrogens (primary N) is 1. The van der Waals surface area contributed by atoms with Crippen molar-refractivity contribution in [1.82, 2.24) is 19.4 Å². The highest BCUT2D eigenvalue weighted by molar-refractivity contribution is 5.95. The average molecular weight is 469 g/mol. The topological polar surface area (TPSA) is 101 Å². The van der Waals surface area contributed by atoms with E-state index in [2.05, 4.69) is 42.5 Å². The Labute approximate surface area is 203 Å². The van der Waals surface area contributed by atoms with Gasteiger partial charge in [0.1, 0.15) is 11.4 Å². The van der Waals surface area contributed by atoms with Crippen LogP contribution in [0.4, 0.5) is 5.69 Å². The van der Waals surface area contributed by atoms with E-state index in [0.29, 0.717) is 18.6 Å². The molecular formula is C27H28N6O2. The molecule has 0 radical (unpaired) electrons. The molecule has 6 rings (SSSR count). The van der Waals surface area contributed by atoms with Crippen LogP contribution in [0.15, 0.2) is 67.3 Å². The van der Waals surface area contributed by atoms with Crippen LogP contribution < -0.4 is 10.6 Å². The standard InChI is InChI=1S/C27H28N6O2/c28-26(35)23-6-3-18(12-25(23)34)14-31-11-8-22-24(7-10-30-27(22)31)32-16-20-4-5-21(17-32)33(20)15-19-2-1-9-29-13-19/h1-3,6-13,20-21,34H,4-5,14-17H2,(H2,28,35). The third kappa shape index (κ3) is 4.00. The molecule has 8 heteroatoms. The van der Waals surface area contributed by atoms with Gasteiger partial charge in [0.05, 0.1) is 5.56 Å². The van der Waals surface area contributed by atoms with Crippen molar-refractivity contribution in [1.29, 1.82) is 0 Å². The van der Waals surface area contributed by atoms with Gasteiger partial charge in [0.2, 0.25) is 0 Å². The number of fused-ring (bicyclic) bond motifs is 3. The Morgan fingerprint density at radius 3 is 2.57 bits per heavy atom. The fourth-order valence-corrected chi connectivity index (χ4v) is 5.71. The highest BCUT2D eigenvalue weighted by Crippen LogP contribution is 2.36. The predicted octanol–water partition coefficient (Wildman–Crippen LogP) is 3.14. The van der Waals surface area contributed by atoms with Gasteiger partial charge >= 0.3 is 0 Å². The van der Waals surface area contributed by atoms with E-state index in [1.807, 2.05) is 36.9 Å². The summed E-state index contributed by atoms with van der Waals surface area (Å²) in [5, 5.41) is 11.3. The third-order valence-electron chi connectivity index (χ3n) is 7.38. The van der Waals surface area contributed by atoms with Gasteiger partial charge in [0, 0.05) is 74.1 Å². The Kier molecular flexibility index (Phi) is 5.37. The molecule has 4 aromatic rings. The van der Waals surface area contributed by atoms with Crippen molar-refractivity contribution in [3.05, 3.63) is 83.9 Å². The maximum atomic E-state index is 11.4. The number of nitrogens with zero attached hydrogens (tertiary/aromatic N) is 5. The van der Waals surface area contributed by atoms with Crippen LogP contribution in [0.5, 0.6) is 5.75 Å². The number of hydrogen-bond acceptors (Lipinski definition) is 6. The zero-order valence-electron chi connectivity index (χ0n) is 19.4. The summed E-state index contributed by atoms with van der Waals surface area (Å²) in [5.74, 6) is -0.735. The van der Waals surface area contributed by atoms with Crippen LogP contribution in [0.2, 0.25) is 0 Å². The number of pyridine rings is 2. The molecular weight excluding hydrogens is 440 g/mol. The molecule has 35 heavy (non-hydrogen) atoms. The largest absolute Gasteiger partial charge is 0.507 e. The van der Waals surface area contributed by atoms with Gasteiger partial charge in [0.15, 0.2) is 0 Å². The van der Waals surface area contributed by atoms with Gasteiger partial charge in [-0.2, -0.15) is 0 Å². The van der Waals surface area contributed by atoms with Crippen LogP contribution in [-0.2, 0) is 13.1 Å². The van der Waals surface area contributed by atoms with Crippen molar-refractivity contribution >= 4 is 22.6 Å². The number of aromatic nitrogens is 3. The Morgan fingerprint density at radius 2 is 1.86 bits per heavy atom. The summed E-state index contributed by atoms with van der Waals surface area (Å²) in [6, 6.07) is 14.5. The second-order valence-corrected chi connectivity index (χ2v) is 9.55. The molecule has 0 aliphatic carbocycles. The summed E-state index contributed by atoms with van der Waals surface area (Å²) < 4.78 is 2.07. The van der Waals surface area contributed by atoms with Gasteiger partial charge in [-0.15, -0.1) is 0 Å². The summed E-state index contributed by atoms with van der Waals surface area (Å²) in [6.07, 6.45) is 10.2. The minimum Gasteiger partial charge on any atom is -0.507 e. The first-order valence-electron chi connectivity index (χ1n) is 12.0. The molecule has 2 fully saturated rings. The smallest absolute Gasteiger partial charge is 0.252 e.